The smallest absolute Gasteiger partial charge is 0.125 e. The number of rotatable bonds is 0. The van der Waals surface area contributed by atoms with Gasteiger partial charge in [-0.3, -0.25) is 0 Å². The van der Waals surface area contributed by atoms with Gasteiger partial charge < -0.3 is 9.84 Å². The largest absolute Gasteiger partial charge is 0.487 e. The van der Waals surface area contributed by atoms with E-state index in [4.69, 9.17) is 4.74 Å². The van der Waals surface area contributed by atoms with Gasteiger partial charge in [0.2, 0.25) is 0 Å². The fourth-order valence-electron chi connectivity index (χ4n) is 2.64. The second-order valence-corrected chi connectivity index (χ2v) is 5.88. The van der Waals surface area contributed by atoms with Gasteiger partial charge in [-0.05, 0) is 30.4 Å². The van der Waals surface area contributed by atoms with Crippen molar-refractivity contribution in [3.8, 4) is 5.75 Å². The molecule has 0 aliphatic carbocycles. The Morgan fingerprint density at radius 3 is 2.81 bits per heavy atom. The van der Waals surface area contributed by atoms with Gasteiger partial charge >= 0.3 is 0 Å². The van der Waals surface area contributed by atoms with E-state index in [2.05, 4.69) is 0 Å². The summed E-state index contributed by atoms with van der Waals surface area (Å²) in [5.41, 5.74) is 0.852. The maximum Gasteiger partial charge on any atom is 0.125 e. The Morgan fingerprint density at radius 1 is 1.25 bits per heavy atom. The molecule has 2 aliphatic heterocycles. The molecule has 1 spiro atoms. The number of hydrogen-bond acceptors (Lipinski definition) is 3. The minimum atomic E-state index is -0.354. The second-order valence-electron chi connectivity index (χ2n) is 4.66. The molecule has 2 aliphatic rings. The van der Waals surface area contributed by atoms with Crippen molar-refractivity contribution in [2.45, 2.75) is 31.0 Å². The summed E-state index contributed by atoms with van der Waals surface area (Å²) in [4.78, 5) is 0. The monoisotopic (exact) mass is 236 g/mol. The van der Waals surface area contributed by atoms with Gasteiger partial charge in [-0.15, -0.1) is 0 Å². The van der Waals surface area contributed by atoms with Crippen molar-refractivity contribution >= 4 is 11.8 Å². The predicted octanol–water partition coefficient (Wildman–Crippen LogP) is 2.77. The summed E-state index contributed by atoms with van der Waals surface area (Å²) >= 11 is 1.98. The van der Waals surface area contributed by atoms with Crippen LogP contribution < -0.4 is 4.74 Å². The Labute approximate surface area is 100 Å². The molecule has 1 N–H and O–H groups in total. The van der Waals surface area contributed by atoms with E-state index < -0.39 is 0 Å². The first-order valence-electron chi connectivity index (χ1n) is 5.83. The van der Waals surface area contributed by atoms with Gasteiger partial charge in [0, 0.05) is 12.0 Å². The van der Waals surface area contributed by atoms with Crippen LogP contribution in [-0.2, 0) is 0 Å². The SMILES string of the molecule is OC1CC2(CCSCC2)Oc2ccccc21. The third-order valence-corrected chi connectivity index (χ3v) is 4.56. The van der Waals surface area contributed by atoms with Crippen LogP contribution in [0, 0.1) is 0 Å². The molecule has 3 rings (SSSR count). The maximum absolute atomic E-state index is 10.2. The highest BCUT2D eigenvalue weighted by Gasteiger charge is 2.41. The van der Waals surface area contributed by atoms with E-state index in [1.54, 1.807) is 0 Å². The van der Waals surface area contributed by atoms with Crippen molar-refractivity contribution in [2.75, 3.05) is 11.5 Å². The minimum absolute atomic E-state index is 0.0982. The summed E-state index contributed by atoms with van der Waals surface area (Å²) in [6, 6.07) is 7.87. The van der Waals surface area contributed by atoms with E-state index in [1.165, 1.54) is 0 Å². The Balaban J connectivity index is 1.93. The molecule has 1 aromatic carbocycles. The lowest BCUT2D eigenvalue weighted by Crippen LogP contribution is -2.44. The maximum atomic E-state index is 10.2. The van der Waals surface area contributed by atoms with Crippen LogP contribution in [0.25, 0.3) is 0 Å². The molecule has 16 heavy (non-hydrogen) atoms. The number of para-hydroxylation sites is 1. The summed E-state index contributed by atoms with van der Waals surface area (Å²) in [6.07, 6.45) is 2.52. The molecule has 2 heterocycles. The molecule has 86 valence electrons. The minimum Gasteiger partial charge on any atom is -0.487 e. The van der Waals surface area contributed by atoms with Crippen LogP contribution in [0.1, 0.15) is 30.9 Å². The Bertz CT molecular complexity index is 385. The fourth-order valence-corrected chi connectivity index (χ4v) is 3.87. The predicted molar refractivity (Wildman–Crippen MR) is 65.9 cm³/mol. The highest BCUT2D eigenvalue weighted by atomic mass is 32.2. The quantitative estimate of drug-likeness (QED) is 0.751. The molecule has 3 heteroatoms. The first-order valence-corrected chi connectivity index (χ1v) is 6.98. The molecule has 1 unspecified atom stereocenters. The molecule has 1 atom stereocenters. The molecular formula is C13H16O2S. The van der Waals surface area contributed by atoms with Gasteiger partial charge in [-0.1, -0.05) is 18.2 Å². The normalized spacial score (nSPS) is 27.2. The van der Waals surface area contributed by atoms with E-state index in [0.29, 0.717) is 0 Å². The van der Waals surface area contributed by atoms with E-state index in [1.807, 2.05) is 36.0 Å². The topological polar surface area (TPSA) is 29.5 Å². The molecule has 0 radical (unpaired) electrons. The molecule has 0 saturated carbocycles. The van der Waals surface area contributed by atoms with Crippen LogP contribution in [-0.4, -0.2) is 22.2 Å². The van der Waals surface area contributed by atoms with Crippen molar-refractivity contribution in [1.82, 2.24) is 0 Å². The van der Waals surface area contributed by atoms with E-state index in [-0.39, 0.29) is 11.7 Å². The number of ether oxygens (including phenoxy) is 1. The number of thioether (sulfide) groups is 1. The summed E-state index contributed by atoms with van der Waals surface area (Å²) in [6.45, 7) is 0. The number of aliphatic hydroxyl groups is 1. The highest BCUT2D eigenvalue weighted by Crippen LogP contribution is 2.45. The van der Waals surface area contributed by atoms with Crippen LogP contribution in [0.4, 0.5) is 0 Å². The molecule has 1 aromatic rings. The average Bonchev–Trinajstić information content (AvgIpc) is 2.30. The molecule has 0 aromatic heterocycles. The number of benzene rings is 1. The summed E-state index contributed by atoms with van der Waals surface area (Å²) in [7, 11) is 0. The van der Waals surface area contributed by atoms with Crippen molar-refractivity contribution in [3.05, 3.63) is 29.8 Å². The van der Waals surface area contributed by atoms with Crippen molar-refractivity contribution < 1.29 is 9.84 Å². The zero-order chi connectivity index (χ0) is 11.0. The third-order valence-electron chi connectivity index (χ3n) is 3.57. The molecule has 0 amide bonds. The molecule has 2 nitrogen and oxygen atoms in total. The van der Waals surface area contributed by atoms with Crippen LogP contribution in [0.3, 0.4) is 0 Å². The zero-order valence-corrected chi connectivity index (χ0v) is 10.0. The Morgan fingerprint density at radius 2 is 2.00 bits per heavy atom. The van der Waals surface area contributed by atoms with Crippen molar-refractivity contribution in [3.63, 3.8) is 0 Å². The van der Waals surface area contributed by atoms with Gasteiger partial charge in [-0.25, -0.2) is 0 Å². The van der Waals surface area contributed by atoms with Crippen LogP contribution in [0.2, 0.25) is 0 Å². The lowest BCUT2D eigenvalue weighted by Gasteiger charge is -2.43. The van der Waals surface area contributed by atoms with Gasteiger partial charge in [0.15, 0.2) is 0 Å². The number of aliphatic hydroxyl groups excluding tert-OH is 1. The fraction of sp³-hybridized carbons (Fsp3) is 0.538. The summed E-state index contributed by atoms with van der Waals surface area (Å²) in [5, 5.41) is 10.2. The van der Waals surface area contributed by atoms with E-state index >= 15 is 0 Å². The average molecular weight is 236 g/mol. The number of hydrogen-bond donors (Lipinski definition) is 1. The van der Waals surface area contributed by atoms with Gasteiger partial charge in [0.1, 0.15) is 11.4 Å². The van der Waals surface area contributed by atoms with Crippen LogP contribution in [0.5, 0.6) is 5.75 Å². The Kier molecular flexibility index (Phi) is 2.60. The molecular weight excluding hydrogens is 220 g/mol. The van der Waals surface area contributed by atoms with Gasteiger partial charge in [0.25, 0.3) is 0 Å². The third kappa shape index (κ3) is 1.72. The van der Waals surface area contributed by atoms with Gasteiger partial charge in [0.05, 0.1) is 6.10 Å². The lowest BCUT2D eigenvalue weighted by atomic mass is 9.84. The van der Waals surface area contributed by atoms with Gasteiger partial charge in [-0.2, -0.15) is 11.8 Å². The molecule has 0 bridgehead atoms. The highest BCUT2D eigenvalue weighted by molar-refractivity contribution is 7.99. The number of fused-ring (bicyclic) bond motifs is 1. The molecule has 1 saturated heterocycles. The zero-order valence-electron chi connectivity index (χ0n) is 9.19. The second kappa shape index (κ2) is 3.97. The Hall–Kier alpha value is -0.670. The summed E-state index contributed by atoms with van der Waals surface area (Å²) in [5.74, 6) is 3.18. The van der Waals surface area contributed by atoms with Crippen LogP contribution >= 0.6 is 11.8 Å². The van der Waals surface area contributed by atoms with Crippen LogP contribution in [0.15, 0.2) is 24.3 Å². The van der Waals surface area contributed by atoms with E-state index in [9.17, 15) is 5.11 Å². The van der Waals surface area contributed by atoms with Crippen molar-refractivity contribution in [2.24, 2.45) is 0 Å². The lowest BCUT2D eigenvalue weighted by molar-refractivity contribution is -0.0197. The summed E-state index contributed by atoms with van der Waals surface area (Å²) < 4.78 is 6.16. The van der Waals surface area contributed by atoms with Crippen molar-refractivity contribution in [1.29, 1.82) is 0 Å². The molecule has 1 fully saturated rings. The van der Waals surface area contributed by atoms with E-state index in [0.717, 1.165) is 42.1 Å². The first kappa shape index (κ1) is 10.5. The standard InChI is InChI=1S/C13H16O2S/c14-11-9-13(5-7-16-8-6-13)15-12-4-2-1-3-10(11)12/h1-4,11,14H,5-9H2. The first-order chi connectivity index (χ1) is 7.79.